The molecular formula is C35H30N2. The molecule has 0 atom stereocenters. The maximum Gasteiger partial charge on any atom is 0.0462 e. The van der Waals surface area contributed by atoms with E-state index in [4.69, 9.17) is 0 Å². The van der Waals surface area contributed by atoms with Crippen LogP contribution in [0.4, 0.5) is 28.4 Å². The Bertz CT molecular complexity index is 1500. The zero-order valence-electron chi connectivity index (χ0n) is 21.1. The highest BCUT2D eigenvalue weighted by Gasteiger charge is 2.19. The highest BCUT2D eigenvalue weighted by molar-refractivity contribution is 5.79. The molecule has 0 aliphatic carbocycles. The van der Waals surface area contributed by atoms with E-state index in [-0.39, 0.29) is 0 Å². The number of benzene rings is 5. The smallest absolute Gasteiger partial charge is 0.0462 e. The number of para-hydroxylation sites is 2. The molecule has 1 heterocycles. The lowest BCUT2D eigenvalue weighted by molar-refractivity contribution is 0.998. The molecule has 180 valence electrons. The van der Waals surface area contributed by atoms with E-state index in [1.807, 2.05) is 6.92 Å². The Morgan fingerprint density at radius 1 is 0.595 bits per heavy atom. The third kappa shape index (κ3) is 4.66. The normalized spacial score (nSPS) is 12.6. The van der Waals surface area contributed by atoms with Crippen molar-refractivity contribution in [3.63, 3.8) is 0 Å². The van der Waals surface area contributed by atoms with Crippen molar-refractivity contribution in [3.8, 4) is 11.1 Å². The van der Waals surface area contributed by atoms with Crippen LogP contribution in [0.5, 0.6) is 0 Å². The fraction of sp³-hybridized carbons (Fsp3) is 0.0857. The van der Waals surface area contributed by atoms with Crippen molar-refractivity contribution in [2.24, 2.45) is 0 Å². The van der Waals surface area contributed by atoms with Gasteiger partial charge in [0.2, 0.25) is 0 Å². The Kier molecular flexibility index (Phi) is 6.31. The summed E-state index contributed by atoms with van der Waals surface area (Å²) in [5, 5.41) is 0. The van der Waals surface area contributed by atoms with Crippen molar-refractivity contribution < 1.29 is 0 Å². The first-order valence-corrected chi connectivity index (χ1v) is 12.9. The van der Waals surface area contributed by atoms with Crippen LogP contribution < -0.4 is 9.80 Å². The lowest BCUT2D eigenvalue weighted by Gasteiger charge is -2.25. The second-order valence-corrected chi connectivity index (χ2v) is 9.39. The third-order valence-corrected chi connectivity index (χ3v) is 7.05. The van der Waals surface area contributed by atoms with Gasteiger partial charge in [0, 0.05) is 35.0 Å². The fourth-order valence-electron chi connectivity index (χ4n) is 5.19. The van der Waals surface area contributed by atoms with Crippen LogP contribution in [0.2, 0.25) is 0 Å². The van der Waals surface area contributed by atoms with E-state index >= 15 is 0 Å². The first-order chi connectivity index (χ1) is 18.3. The van der Waals surface area contributed by atoms with Crippen molar-refractivity contribution in [2.45, 2.75) is 13.3 Å². The molecule has 6 rings (SSSR count). The van der Waals surface area contributed by atoms with Gasteiger partial charge in [0.15, 0.2) is 0 Å². The molecule has 0 aromatic heterocycles. The van der Waals surface area contributed by atoms with Gasteiger partial charge in [-0.05, 0) is 90.2 Å². The third-order valence-electron chi connectivity index (χ3n) is 7.05. The van der Waals surface area contributed by atoms with Crippen LogP contribution in [0.3, 0.4) is 0 Å². The Hall–Kier alpha value is -4.56. The highest BCUT2D eigenvalue weighted by atomic mass is 15.2. The van der Waals surface area contributed by atoms with Crippen molar-refractivity contribution in [1.29, 1.82) is 0 Å². The van der Waals surface area contributed by atoms with E-state index in [0.717, 1.165) is 30.0 Å². The largest absolute Gasteiger partial charge is 0.341 e. The summed E-state index contributed by atoms with van der Waals surface area (Å²) < 4.78 is 0. The van der Waals surface area contributed by atoms with Gasteiger partial charge >= 0.3 is 0 Å². The van der Waals surface area contributed by atoms with Crippen molar-refractivity contribution in [2.75, 3.05) is 16.3 Å². The van der Waals surface area contributed by atoms with Crippen molar-refractivity contribution in [3.05, 3.63) is 145 Å². The van der Waals surface area contributed by atoms with E-state index in [2.05, 4.69) is 149 Å². The summed E-state index contributed by atoms with van der Waals surface area (Å²) in [5.41, 5.74) is 11.1. The second kappa shape index (κ2) is 10.2. The minimum absolute atomic E-state index is 1.04. The van der Waals surface area contributed by atoms with E-state index in [9.17, 15) is 0 Å². The molecule has 0 fully saturated rings. The predicted molar refractivity (Wildman–Crippen MR) is 158 cm³/mol. The van der Waals surface area contributed by atoms with Crippen LogP contribution in [-0.4, -0.2) is 6.54 Å². The first-order valence-electron chi connectivity index (χ1n) is 12.9. The summed E-state index contributed by atoms with van der Waals surface area (Å²) in [5.74, 6) is 0. The van der Waals surface area contributed by atoms with Gasteiger partial charge in [-0.3, -0.25) is 0 Å². The molecule has 5 aromatic rings. The van der Waals surface area contributed by atoms with Crippen molar-refractivity contribution in [1.82, 2.24) is 0 Å². The summed E-state index contributed by atoms with van der Waals surface area (Å²) in [4.78, 5) is 4.72. The standard InChI is InChI=1S/C35H30N2/c1-2-8-27-13-19-33(20-14-27)37(32-10-4-3-5-11-32)34-23-17-29(18-24-34)28-15-21-31(22-16-28)36-26-25-30-9-6-7-12-35(30)36/h2-24H,25-26H2,1H3/b8-2+. The Morgan fingerprint density at radius 3 is 1.84 bits per heavy atom. The van der Waals surface area contributed by atoms with E-state index in [1.165, 1.54) is 33.6 Å². The van der Waals surface area contributed by atoms with E-state index in [1.54, 1.807) is 0 Å². The van der Waals surface area contributed by atoms with Crippen LogP contribution in [0, 0.1) is 0 Å². The molecule has 1 aliphatic rings. The number of hydrogen-bond donors (Lipinski definition) is 0. The molecule has 0 radical (unpaired) electrons. The molecular weight excluding hydrogens is 448 g/mol. The van der Waals surface area contributed by atoms with Gasteiger partial charge in [0.05, 0.1) is 0 Å². The lowest BCUT2D eigenvalue weighted by atomic mass is 10.0. The topological polar surface area (TPSA) is 6.48 Å². The number of nitrogens with zero attached hydrogens (tertiary/aromatic N) is 2. The average molecular weight is 479 g/mol. The van der Waals surface area contributed by atoms with Gasteiger partial charge < -0.3 is 9.80 Å². The molecule has 0 saturated carbocycles. The maximum atomic E-state index is 2.42. The van der Waals surface area contributed by atoms with Crippen LogP contribution in [0.1, 0.15) is 18.1 Å². The van der Waals surface area contributed by atoms with Crippen LogP contribution >= 0.6 is 0 Å². The number of rotatable bonds is 6. The molecule has 37 heavy (non-hydrogen) atoms. The zero-order valence-corrected chi connectivity index (χ0v) is 21.1. The van der Waals surface area contributed by atoms with Crippen LogP contribution in [0.15, 0.2) is 133 Å². The number of allylic oxidation sites excluding steroid dienone is 1. The quantitative estimate of drug-likeness (QED) is 0.240. The molecule has 1 aliphatic heterocycles. The van der Waals surface area contributed by atoms with Gasteiger partial charge in [0.1, 0.15) is 0 Å². The first kappa shape index (κ1) is 22.9. The second-order valence-electron chi connectivity index (χ2n) is 9.39. The summed E-state index contributed by atoms with van der Waals surface area (Å²) in [6.07, 6.45) is 5.30. The van der Waals surface area contributed by atoms with Gasteiger partial charge in [-0.2, -0.15) is 0 Å². The molecule has 0 amide bonds. The minimum atomic E-state index is 1.04. The number of hydrogen-bond acceptors (Lipinski definition) is 2. The average Bonchev–Trinajstić information content (AvgIpc) is 3.40. The highest BCUT2D eigenvalue weighted by Crippen LogP contribution is 2.37. The van der Waals surface area contributed by atoms with Gasteiger partial charge in [-0.15, -0.1) is 0 Å². The van der Waals surface area contributed by atoms with Crippen LogP contribution in [0.25, 0.3) is 17.2 Å². The molecule has 0 N–H and O–H groups in total. The lowest BCUT2D eigenvalue weighted by Crippen LogP contribution is -2.12. The van der Waals surface area contributed by atoms with E-state index in [0.29, 0.717) is 0 Å². The zero-order chi connectivity index (χ0) is 25.0. The fourth-order valence-corrected chi connectivity index (χ4v) is 5.19. The molecule has 0 saturated heterocycles. The summed E-state index contributed by atoms with van der Waals surface area (Å²) in [6, 6.07) is 45.8. The molecule has 0 bridgehead atoms. The maximum absolute atomic E-state index is 2.42. The SMILES string of the molecule is C/C=C/c1ccc(N(c2ccccc2)c2ccc(-c3ccc(N4CCc5ccccc54)cc3)cc2)cc1. The Labute approximate surface area is 219 Å². The van der Waals surface area contributed by atoms with Crippen LogP contribution in [-0.2, 0) is 6.42 Å². The summed E-state index contributed by atoms with van der Waals surface area (Å²) >= 11 is 0. The monoisotopic (exact) mass is 478 g/mol. The molecule has 2 nitrogen and oxygen atoms in total. The van der Waals surface area contributed by atoms with E-state index < -0.39 is 0 Å². The number of anilines is 5. The summed E-state index contributed by atoms with van der Waals surface area (Å²) in [6.45, 7) is 3.09. The minimum Gasteiger partial charge on any atom is -0.341 e. The van der Waals surface area contributed by atoms with Gasteiger partial charge in [-0.1, -0.05) is 84.9 Å². The number of fused-ring (bicyclic) bond motifs is 1. The Balaban J connectivity index is 1.28. The Morgan fingerprint density at radius 2 is 1.16 bits per heavy atom. The molecule has 0 unspecified atom stereocenters. The predicted octanol–water partition coefficient (Wildman–Crippen LogP) is 9.55. The van der Waals surface area contributed by atoms with Gasteiger partial charge in [-0.25, -0.2) is 0 Å². The summed E-state index contributed by atoms with van der Waals surface area (Å²) in [7, 11) is 0. The molecule has 2 heteroatoms. The van der Waals surface area contributed by atoms with Crippen molar-refractivity contribution >= 4 is 34.5 Å². The van der Waals surface area contributed by atoms with Gasteiger partial charge in [0.25, 0.3) is 0 Å². The molecule has 0 spiro atoms. The molecule has 5 aromatic carbocycles.